The molecule has 4 atom stereocenters. The lowest BCUT2D eigenvalue weighted by Crippen LogP contribution is -2.22. The highest BCUT2D eigenvalue weighted by Gasteiger charge is 2.51. The zero-order valence-corrected chi connectivity index (χ0v) is 11.5. The minimum absolute atomic E-state index is 0.0171. The number of alkyl halides is 5. The minimum atomic E-state index is -4.30. The fourth-order valence-electron chi connectivity index (χ4n) is 2.39. The molecule has 0 N–H and O–H groups in total. The van der Waals surface area contributed by atoms with Gasteiger partial charge in [-0.25, -0.2) is 0 Å². The lowest BCUT2D eigenvalue weighted by Gasteiger charge is -2.22. The first-order valence-corrected chi connectivity index (χ1v) is 6.87. The molecule has 6 heteroatoms. The molecule has 1 nitrogen and oxygen atoms in total. The van der Waals surface area contributed by atoms with E-state index in [1.165, 1.54) is 12.1 Å². The molecule has 0 amide bonds. The van der Waals surface area contributed by atoms with Gasteiger partial charge in [-0.15, -0.1) is 0 Å². The Kier molecular flexibility index (Phi) is 2.62. The van der Waals surface area contributed by atoms with E-state index in [-0.39, 0.29) is 21.9 Å². The predicted octanol–water partition coefficient (Wildman–Crippen LogP) is 4.36. The van der Waals surface area contributed by atoms with Crippen LogP contribution in [0.3, 0.4) is 0 Å². The van der Waals surface area contributed by atoms with Crippen LogP contribution in [0.2, 0.25) is 0 Å². The maximum absolute atomic E-state index is 12.6. The highest BCUT2D eigenvalue weighted by molar-refractivity contribution is 9.12. The molecular formula is C11H7Br2F3O. The van der Waals surface area contributed by atoms with E-state index >= 15 is 0 Å². The smallest absolute Gasteiger partial charge is 0.363 e. The predicted molar refractivity (Wildman–Crippen MR) is 63.4 cm³/mol. The van der Waals surface area contributed by atoms with Gasteiger partial charge in [0.05, 0.1) is 27.4 Å². The third-order valence-electron chi connectivity index (χ3n) is 3.20. The number of ether oxygens (including phenoxy) is 1. The van der Waals surface area contributed by atoms with Gasteiger partial charge in [-0.05, 0) is 23.3 Å². The van der Waals surface area contributed by atoms with Crippen molar-refractivity contribution in [3.05, 3.63) is 34.9 Å². The van der Waals surface area contributed by atoms with Gasteiger partial charge in [-0.1, -0.05) is 37.9 Å². The third-order valence-corrected chi connectivity index (χ3v) is 6.01. The maximum Gasteiger partial charge on any atom is 0.416 e. The Balaban J connectivity index is 2.08. The van der Waals surface area contributed by atoms with Crippen molar-refractivity contribution in [3.63, 3.8) is 0 Å². The maximum atomic E-state index is 12.6. The van der Waals surface area contributed by atoms with E-state index in [1.54, 1.807) is 0 Å². The zero-order valence-electron chi connectivity index (χ0n) is 8.34. The Morgan fingerprint density at radius 1 is 1.00 bits per heavy atom. The molecule has 1 fully saturated rings. The summed E-state index contributed by atoms with van der Waals surface area (Å²) in [5, 5.41) is 0. The van der Waals surface area contributed by atoms with Gasteiger partial charge in [-0.3, -0.25) is 0 Å². The van der Waals surface area contributed by atoms with Gasteiger partial charge in [0.2, 0.25) is 0 Å². The van der Waals surface area contributed by atoms with E-state index in [1.807, 2.05) is 0 Å². The lowest BCUT2D eigenvalue weighted by atomic mass is 9.90. The number of rotatable bonds is 0. The molecule has 0 spiro atoms. The molecule has 17 heavy (non-hydrogen) atoms. The van der Waals surface area contributed by atoms with Crippen molar-refractivity contribution in [2.75, 3.05) is 0 Å². The average Bonchev–Trinajstić information content (AvgIpc) is 2.76. The zero-order chi connectivity index (χ0) is 12.4. The number of hydrogen-bond acceptors (Lipinski definition) is 1. The summed E-state index contributed by atoms with van der Waals surface area (Å²) in [7, 11) is 0. The fraction of sp³-hybridized carbons (Fsp3) is 0.455. The molecule has 2 aliphatic heterocycles. The number of hydrogen-bond donors (Lipinski definition) is 0. The average molecular weight is 372 g/mol. The molecule has 1 saturated heterocycles. The summed E-state index contributed by atoms with van der Waals surface area (Å²) in [4.78, 5) is 0.125. The second kappa shape index (κ2) is 3.71. The molecule has 0 aliphatic carbocycles. The lowest BCUT2D eigenvalue weighted by molar-refractivity contribution is -0.137. The van der Waals surface area contributed by atoms with Crippen molar-refractivity contribution >= 4 is 31.9 Å². The van der Waals surface area contributed by atoms with Crippen molar-refractivity contribution in [1.82, 2.24) is 0 Å². The van der Waals surface area contributed by atoms with Crippen LogP contribution in [0.15, 0.2) is 18.2 Å². The van der Waals surface area contributed by atoms with E-state index < -0.39 is 11.7 Å². The Bertz CT molecular complexity index is 474. The first-order chi connectivity index (χ1) is 7.89. The van der Waals surface area contributed by atoms with Crippen molar-refractivity contribution in [3.8, 4) is 0 Å². The van der Waals surface area contributed by atoms with E-state index in [4.69, 9.17) is 4.74 Å². The standard InChI is InChI=1S/C11H7Br2F3O/c12-7-8(13)10-6-3-4(11(14,15)16)1-2-5(6)9(7)17-10/h1-3,7-10H/t7-,8-,9+,10+/m0/s1. The first-order valence-electron chi connectivity index (χ1n) is 5.04. The Morgan fingerprint density at radius 2 is 1.59 bits per heavy atom. The summed E-state index contributed by atoms with van der Waals surface area (Å²) in [6.45, 7) is 0. The van der Waals surface area contributed by atoms with E-state index in [0.29, 0.717) is 5.56 Å². The minimum Gasteiger partial charge on any atom is -0.363 e. The highest BCUT2D eigenvalue weighted by Crippen LogP contribution is 2.56. The summed E-state index contributed by atoms with van der Waals surface area (Å²) < 4.78 is 43.5. The quantitative estimate of drug-likeness (QED) is 0.616. The van der Waals surface area contributed by atoms with Crippen LogP contribution >= 0.6 is 31.9 Å². The highest BCUT2D eigenvalue weighted by atomic mass is 79.9. The van der Waals surface area contributed by atoms with Crippen LogP contribution in [0.4, 0.5) is 13.2 Å². The molecule has 1 aromatic rings. The molecule has 0 saturated carbocycles. The third kappa shape index (κ3) is 1.68. The summed E-state index contributed by atoms with van der Waals surface area (Å²) >= 11 is 6.95. The first kappa shape index (κ1) is 12.0. The van der Waals surface area contributed by atoms with Crippen LogP contribution in [-0.2, 0) is 10.9 Å². The van der Waals surface area contributed by atoms with Crippen molar-refractivity contribution < 1.29 is 17.9 Å². The molecular weight excluding hydrogens is 365 g/mol. The van der Waals surface area contributed by atoms with Gasteiger partial charge in [-0.2, -0.15) is 13.2 Å². The number of benzene rings is 1. The normalized spacial score (nSPS) is 35.1. The molecule has 0 radical (unpaired) electrons. The van der Waals surface area contributed by atoms with Crippen LogP contribution < -0.4 is 0 Å². The largest absolute Gasteiger partial charge is 0.416 e. The molecule has 92 valence electrons. The summed E-state index contributed by atoms with van der Waals surface area (Å²) in [6, 6.07) is 3.84. The SMILES string of the molecule is FC(F)(F)c1ccc2c(c1)[C@H]1O[C@H]2[C@@H](Br)[C@@H]1Br. The van der Waals surface area contributed by atoms with Crippen LogP contribution in [0, 0.1) is 0 Å². The fourth-order valence-corrected chi connectivity index (χ4v) is 3.76. The monoisotopic (exact) mass is 370 g/mol. The van der Waals surface area contributed by atoms with Crippen molar-refractivity contribution in [1.29, 1.82) is 0 Å². The molecule has 2 bridgehead atoms. The van der Waals surface area contributed by atoms with Gasteiger partial charge in [0.1, 0.15) is 0 Å². The van der Waals surface area contributed by atoms with Crippen molar-refractivity contribution in [2.45, 2.75) is 28.0 Å². The van der Waals surface area contributed by atoms with Crippen molar-refractivity contribution in [2.24, 2.45) is 0 Å². The second-order valence-corrected chi connectivity index (χ2v) is 6.32. The topological polar surface area (TPSA) is 9.23 Å². The Hall–Kier alpha value is -0.0700. The number of fused-ring (bicyclic) bond motifs is 5. The molecule has 3 rings (SSSR count). The van der Waals surface area contributed by atoms with Gasteiger partial charge >= 0.3 is 6.18 Å². The van der Waals surface area contributed by atoms with E-state index in [2.05, 4.69) is 31.9 Å². The van der Waals surface area contributed by atoms with Gasteiger partial charge < -0.3 is 4.74 Å². The van der Waals surface area contributed by atoms with Gasteiger partial charge in [0.15, 0.2) is 0 Å². The summed E-state index contributed by atoms with van der Waals surface area (Å²) in [5.74, 6) is 0. The Morgan fingerprint density at radius 3 is 2.18 bits per heavy atom. The summed E-state index contributed by atoms with van der Waals surface area (Å²) in [6.07, 6.45) is -4.74. The number of halogens is 5. The van der Waals surface area contributed by atoms with Crippen LogP contribution in [0.1, 0.15) is 28.9 Å². The van der Waals surface area contributed by atoms with E-state index in [9.17, 15) is 13.2 Å². The van der Waals surface area contributed by atoms with Crippen LogP contribution in [0.25, 0.3) is 0 Å². The molecule has 2 aliphatic rings. The molecule has 1 aromatic carbocycles. The van der Waals surface area contributed by atoms with E-state index in [0.717, 1.165) is 11.6 Å². The Labute approximate surface area is 113 Å². The second-order valence-electron chi connectivity index (χ2n) is 4.21. The van der Waals surface area contributed by atoms with Crippen LogP contribution in [-0.4, -0.2) is 9.65 Å². The van der Waals surface area contributed by atoms with Gasteiger partial charge in [0, 0.05) is 0 Å². The molecule has 0 aromatic heterocycles. The molecule has 2 heterocycles. The molecule has 0 unspecified atom stereocenters. The summed E-state index contributed by atoms with van der Waals surface area (Å²) in [5.41, 5.74) is 0.904. The van der Waals surface area contributed by atoms with Gasteiger partial charge in [0.25, 0.3) is 0 Å². The van der Waals surface area contributed by atoms with Crippen LogP contribution in [0.5, 0.6) is 0 Å².